The fraction of sp³-hybridized carbons (Fsp3) is 0.188. The van der Waals surface area contributed by atoms with E-state index >= 15 is 0 Å². The van der Waals surface area contributed by atoms with Crippen LogP contribution in [0.15, 0.2) is 53.4 Å². The first-order valence-electron chi connectivity index (χ1n) is 6.52. The highest BCUT2D eigenvalue weighted by Gasteiger charge is 2.12. The molecule has 5 heteroatoms. The number of halogens is 1. The van der Waals surface area contributed by atoms with Crippen LogP contribution in [0.1, 0.15) is 5.56 Å². The molecule has 0 spiro atoms. The van der Waals surface area contributed by atoms with Crippen molar-refractivity contribution in [2.75, 3.05) is 18.5 Å². The summed E-state index contributed by atoms with van der Waals surface area (Å²) in [6, 6.07) is 15.3. The van der Waals surface area contributed by atoms with Gasteiger partial charge in [-0.25, -0.2) is 0 Å². The van der Waals surface area contributed by atoms with Crippen molar-refractivity contribution in [2.24, 2.45) is 0 Å². The Balaban J connectivity index is 1.92. The van der Waals surface area contributed by atoms with Gasteiger partial charge in [-0.2, -0.15) is 0 Å². The molecule has 110 valence electrons. The maximum absolute atomic E-state index is 12.2. The second-order valence-electron chi connectivity index (χ2n) is 4.68. The van der Waals surface area contributed by atoms with Gasteiger partial charge in [-0.05, 0) is 17.7 Å². The van der Waals surface area contributed by atoms with Gasteiger partial charge in [-0.3, -0.25) is 4.79 Å². The molecule has 2 N–H and O–H groups in total. The highest BCUT2D eigenvalue weighted by atomic mass is 35.5. The molecule has 0 atom stereocenters. The third-order valence-electron chi connectivity index (χ3n) is 3.03. The Morgan fingerprint density at radius 1 is 1.19 bits per heavy atom. The number of carbonyl (C=O) groups is 1. The number of anilines is 1. The predicted octanol–water partition coefficient (Wildman–Crippen LogP) is 3.67. The van der Waals surface area contributed by atoms with Crippen molar-refractivity contribution >= 4 is 35.0 Å². The van der Waals surface area contributed by atoms with Gasteiger partial charge in [0.05, 0.1) is 10.8 Å². The third-order valence-corrected chi connectivity index (χ3v) is 4.59. The van der Waals surface area contributed by atoms with Crippen molar-refractivity contribution in [3.8, 4) is 0 Å². The lowest BCUT2D eigenvalue weighted by Crippen LogP contribution is -2.27. The summed E-state index contributed by atoms with van der Waals surface area (Å²) in [5.41, 5.74) is 7.59. The van der Waals surface area contributed by atoms with E-state index in [4.69, 9.17) is 17.3 Å². The number of thioether (sulfide) groups is 1. The van der Waals surface area contributed by atoms with Crippen molar-refractivity contribution in [1.82, 2.24) is 4.90 Å². The van der Waals surface area contributed by atoms with Crippen molar-refractivity contribution in [2.45, 2.75) is 11.4 Å². The molecule has 0 bridgehead atoms. The van der Waals surface area contributed by atoms with E-state index in [0.717, 1.165) is 10.5 Å². The Bertz CT molecular complexity index is 599. The first-order valence-corrected chi connectivity index (χ1v) is 7.89. The summed E-state index contributed by atoms with van der Waals surface area (Å²) in [5.74, 6) is 0.361. The zero-order valence-electron chi connectivity index (χ0n) is 11.8. The van der Waals surface area contributed by atoms with E-state index in [0.29, 0.717) is 23.0 Å². The van der Waals surface area contributed by atoms with E-state index in [9.17, 15) is 4.79 Å². The molecule has 2 aromatic carbocycles. The Kier molecular flexibility index (Phi) is 5.53. The Morgan fingerprint density at radius 2 is 1.90 bits per heavy atom. The second kappa shape index (κ2) is 7.38. The molecule has 0 saturated carbocycles. The number of hydrogen-bond donors (Lipinski definition) is 1. The van der Waals surface area contributed by atoms with Crippen LogP contribution in [0.4, 0.5) is 5.69 Å². The summed E-state index contributed by atoms with van der Waals surface area (Å²) in [7, 11) is 1.80. The molecule has 0 unspecified atom stereocenters. The zero-order chi connectivity index (χ0) is 15.2. The monoisotopic (exact) mass is 320 g/mol. The molecule has 1 amide bonds. The highest BCUT2D eigenvalue weighted by Crippen LogP contribution is 2.32. The van der Waals surface area contributed by atoms with Crippen molar-refractivity contribution in [3.63, 3.8) is 0 Å². The van der Waals surface area contributed by atoms with Crippen LogP contribution >= 0.6 is 23.4 Å². The number of nitrogen functional groups attached to an aromatic ring is 1. The van der Waals surface area contributed by atoms with Gasteiger partial charge in [-0.1, -0.05) is 48.0 Å². The molecule has 0 fully saturated rings. The van der Waals surface area contributed by atoms with Crippen LogP contribution in [0.25, 0.3) is 0 Å². The molecule has 2 rings (SSSR count). The zero-order valence-corrected chi connectivity index (χ0v) is 13.3. The molecule has 0 radical (unpaired) electrons. The number of carbonyl (C=O) groups excluding carboxylic acids is 1. The summed E-state index contributed by atoms with van der Waals surface area (Å²) in [6.45, 7) is 0.595. The van der Waals surface area contributed by atoms with Crippen LogP contribution in [-0.4, -0.2) is 23.6 Å². The quantitative estimate of drug-likeness (QED) is 0.675. The molecule has 21 heavy (non-hydrogen) atoms. The lowest BCUT2D eigenvalue weighted by atomic mass is 10.2. The Morgan fingerprint density at radius 3 is 2.57 bits per heavy atom. The van der Waals surface area contributed by atoms with Crippen LogP contribution < -0.4 is 5.73 Å². The third kappa shape index (κ3) is 4.41. The molecule has 0 aliphatic rings. The molecule has 0 heterocycles. The standard InChI is InChI=1S/C16H17ClN2OS/c1-19(10-12-6-3-2-4-7-12)15(20)11-21-16-13(17)8-5-9-14(16)18/h2-9H,10-11,18H2,1H3. The number of benzene rings is 2. The minimum Gasteiger partial charge on any atom is -0.398 e. The van der Waals surface area contributed by atoms with Crippen LogP contribution in [0, 0.1) is 0 Å². The molecular formula is C16H17ClN2OS. The molecular weight excluding hydrogens is 304 g/mol. The molecule has 0 aliphatic carbocycles. The number of rotatable bonds is 5. The van der Waals surface area contributed by atoms with Gasteiger partial charge in [0.15, 0.2) is 0 Å². The normalized spacial score (nSPS) is 10.4. The number of amides is 1. The minimum absolute atomic E-state index is 0.0446. The molecule has 3 nitrogen and oxygen atoms in total. The topological polar surface area (TPSA) is 46.3 Å². The van der Waals surface area contributed by atoms with Crippen LogP contribution in [0.5, 0.6) is 0 Å². The van der Waals surface area contributed by atoms with Gasteiger partial charge in [0.25, 0.3) is 0 Å². The largest absolute Gasteiger partial charge is 0.398 e. The predicted molar refractivity (Wildman–Crippen MR) is 89.5 cm³/mol. The molecule has 2 aromatic rings. The fourth-order valence-corrected chi connectivity index (χ4v) is 3.14. The van der Waals surface area contributed by atoms with Gasteiger partial charge < -0.3 is 10.6 Å². The number of nitrogens with zero attached hydrogens (tertiary/aromatic N) is 1. The van der Waals surface area contributed by atoms with Crippen molar-refractivity contribution < 1.29 is 4.79 Å². The van der Waals surface area contributed by atoms with E-state index < -0.39 is 0 Å². The molecule has 0 aromatic heterocycles. The first-order chi connectivity index (χ1) is 10.1. The lowest BCUT2D eigenvalue weighted by molar-refractivity contribution is -0.127. The fourth-order valence-electron chi connectivity index (χ4n) is 1.87. The van der Waals surface area contributed by atoms with Gasteiger partial charge >= 0.3 is 0 Å². The van der Waals surface area contributed by atoms with Gasteiger partial charge in [0.2, 0.25) is 5.91 Å². The Labute approximate surface area is 134 Å². The SMILES string of the molecule is CN(Cc1ccccc1)C(=O)CSc1c(N)cccc1Cl. The van der Waals surface area contributed by atoms with Crippen molar-refractivity contribution in [1.29, 1.82) is 0 Å². The van der Waals surface area contributed by atoms with Crippen LogP contribution in [-0.2, 0) is 11.3 Å². The Hall–Kier alpha value is -1.65. The lowest BCUT2D eigenvalue weighted by Gasteiger charge is -2.17. The van der Waals surface area contributed by atoms with Crippen LogP contribution in [0.2, 0.25) is 5.02 Å². The maximum Gasteiger partial charge on any atom is 0.232 e. The first kappa shape index (κ1) is 15.7. The summed E-state index contributed by atoms with van der Waals surface area (Å²) in [6.07, 6.45) is 0. The summed E-state index contributed by atoms with van der Waals surface area (Å²) in [5, 5.41) is 0.582. The van der Waals surface area contributed by atoms with Crippen LogP contribution in [0.3, 0.4) is 0 Å². The summed E-state index contributed by atoms with van der Waals surface area (Å²) < 4.78 is 0. The molecule has 0 saturated heterocycles. The van der Waals surface area contributed by atoms with E-state index in [-0.39, 0.29) is 5.91 Å². The maximum atomic E-state index is 12.2. The van der Waals surface area contributed by atoms with E-state index in [1.807, 2.05) is 30.3 Å². The molecule has 0 aliphatic heterocycles. The van der Waals surface area contributed by atoms with Gasteiger partial charge in [0, 0.05) is 24.2 Å². The van der Waals surface area contributed by atoms with E-state index in [1.54, 1.807) is 30.1 Å². The second-order valence-corrected chi connectivity index (χ2v) is 6.08. The van der Waals surface area contributed by atoms with Gasteiger partial charge in [0.1, 0.15) is 0 Å². The smallest absolute Gasteiger partial charge is 0.232 e. The number of hydrogen-bond acceptors (Lipinski definition) is 3. The average Bonchev–Trinajstić information content (AvgIpc) is 2.47. The van der Waals surface area contributed by atoms with Gasteiger partial charge in [-0.15, -0.1) is 11.8 Å². The van der Waals surface area contributed by atoms with E-state index in [2.05, 4.69) is 0 Å². The minimum atomic E-state index is 0.0446. The van der Waals surface area contributed by atoms with E-state index in [1.165, 1.54) is 11.8 Å². The van der Waals surface area contributed by atoms with Crippen molar-refractivity contribution in [3.05, 3.63) is 59.1 Å². The average molecular weight is 321 g/mol. The highest BCUT2D eigenvalue weighted by molar-refractivity contribution is 8.00. The summed E-state index contributed by atoms with van der Waals surface area (Å²) in [4.78, 5) is 14.6. The number of nitrogens with two attached hydrogens (primary N) is 1. The summed E-state index contributed by atoms with van der Waals surface area (Å²) >= 11 is 7.47.